The van der Waals surface area contributed by atoms with Crippen LogP contribution < -0.4 is 0 Å². The lowest BCUT2D eigenvalue weighted by molar-refractivity contribution is 0.501. The molecule has 0 spiro atoms. The molecule has 0 rings (SSSR count). The van der Waals surface area contributed by atoms with Crippen molar-refractivity contribution in [3.05, 3.63) is 24.3 Å². The molecule has 0 saturated heterocycles. The molecule has 0 amide bonds. The van der Waals surface area contributed by atoms with Gasteiger partial charge < -0.3 is 0 Å². The number of hydrogen-bond acceptors (Lipinski definition) is 1. The fraction of sp³-hybridized carbons (Fsp3) is 0.846. The Hall–Kier alpha value is -0.420. The second-order valence-corrected chi connectivity index (χ2v) is 10.0. The zero-order valence-corrected chi connectivity index (χ0v) is 20.5. The Kier molecular flexibility index (Phi) is 19.6. The third-order valence-corrected chi connectivity index (χ3v) is 6.67. The highest BCUT2D eigenvalue weighted by molar-refractivity contribution is 7.28. The lowest BCUT2D eigenvalue weighted by atomic mass is 9.97. The Morgan fingerprint density at radius 3 is 1.32 bits per heavy atom. The highest BCUT2D eigenvalue weighted by Crippen LogP contribution is 2.33. The van der Waals surface area contributed by atoms with E-state index in [1.807, 2.05) is 0 Å². The lowest BCUT2D eigenvalue weighted by Gasteiger charge is -2.20. The Morgan fingerprint density at radius 1 is 0.643 bits per heavy atom. The minimum absolute atomic E-state index is 0.0437. The molecule has 1 N–H and O–H groups in total. The summed E-state index contributed by atoms with van der Waals surface area (Å²) in [6.07, 6.45) is 30.9. The molecule has 0 saturated carbocycles. The standard InChI is InChI=1S/C26H50NP/c1-5-22-26(28-27,23-6-2)24-20-18-16-14-12-10-8-7-9-11-13-15-17-19-21-25(3)4/h5-6,22-23,25,27H,7-21,24H2,1-4H3. The smallest absolute Gasteiger partial charge is 0.0651 e. The van der Waals surface area contributed by atoms with Crippen LogP contribution in [0.4, 0.5) is 0 Å². The van der Waals surface area contributed by atoms with Gasteiger partial charge in [0, 0.05) is 8.37 Å². The Morgan fingerprint density at radius 2 is 1.00 bits per heavy atom. The van der Waals surface area contributed by atoms with Crippen molar-refractivity contribution >= 4 is 8.37 Å². The average molecular weight is 408 g/mol. The lowest BCUT2D eigenvalue weighted by Crippen LogP contribution is -2.14. The summed E-state index contributed by atoms with van der Waals surface area (Å²) < 4.78 is 0. The summed E-state index contributed by atoms with van der Waals surface area (Å²) in [6.45, 7) is 8.80. The zero-order chi connectivity index (χ0) is 20.9. The molecule has 0 aliphatic rings. The largest absolute Gasteiger partial charge is 0.283 e. The van der Waals surface area contributed by atoms with Crippen molar-refractivity contribution in [2.45, 2.75) is 136 Å². The molecule has 1 nitrogen and oxygen atoms in total. The van der Waals surface area contributed by atoms with E-state index < -0.39 is 0 Å². The second kappa shape index (κ2) is 19.9. The Bertz CT molecular complexity index is 385. The van der Waals surface area contributed by atoms with Crippen LogP contribution in [-0.2, 0) is 0 Å². The molecule has 0 aliphatic carbocycles. The molecule has 0 atom stereocenters. The maximum Gasteiger partial charge on any atom is 0.0651 e. The first-order valence-electron chi connectivity index (χ1n) is 12.3. The molecular weight excluding hydrogens is 357 g/mol. The number of unbranched alkanes of at least 4 members (excludes halogenated alkanes) is 13. The van der Waals surface area contributed by atoms with E-state index in [1.165, 1.54) is 96.3 Å². The van der Waals surface area contributed by atoms with Gasteiger partial charge in [-0.15, -0.1) is 0 Å². The van der Waals surface area contributed by atoms with Gasteiger partial charge in [0.2, 0.25) is 0 Å². The second-order valence-electron chi connectivity index (χ2n) is 8.99. The van der Waals surface area contributed by atoms with Crippen molar-refractivity contribution in [3.63, 3.8) is 0 Å². The average Bonchev–Trinajstić information content (AvgIpc) is 2.67. The molecule has 0 bridgehead atoms. The van der Waals surface area contributed by atoms with Gasteiger partial charge in [0.1, 0.15) is 0 Å². The number of allylic oxidation sites excluding steroid dienone is 4. The third kappa shape index (κ3) is 16.5. The maximum absolute atomic E-state index is 7.88. The Labute approximate surface area is 179 Å². The van der Waals surface area contributed by atoms with Gasteiger partial charge in [0.05, 0.1) is 5.16 Å². The summed E-state index contributed by atoms with van der Waals surface area (Å²) >= 11 is 0. The zero-order valence-electron chi connectivity index (χ0n) is 19.6. The SMILES string of the molecule is CC=CC(C=CC)(CCCCCCCCCCCCCCCCC(C)C)P=N. The van der Waals surface area contributed by atoms with Crippen LogP contribution in [0.2, 0.25) is 0 Å². The monoisotopic (exact) mass is 407 g/mol. The van der Waals surface area contributed by atoms with Crippen molar-refractivity contribution in [1.82, 2.24) is 0 Å². The fourth-order valence-electron chi connectivity index (χ4n) is 4.01. The third-order valence-electron chi connectivity index (χ3n) is 5.73. The van der Waals surface area contributed by atoms with E-state index in [2.05, 4.69) is 52.0 Å². The van der Waals surface area contributed by atoms with E-state index in [0.717, 1.165) is 20.7 Å². The topological polar surface area (TPSA) is 23.9 Å². The van der Waals surface area contributed by atoms with Crippen LogP contribution >= 0.6 is 8.37 Å². The van der Waals surface area contributed by atoms with E-state index in [1.54, 1.807) is 0 Å². The van der Waals surface area contributed by atoms with E-state index in [4.69, 9.17) is 5.16 Å². The first kappa shape index (κ1) is 27.6. The molecule has 0 aromatic heterocycles. The molecule has 28 heavy (non-hydrogen) atoms. The van der Waals surface area contributed by atoms with Crippen molar-refractivity contribution in [2.24, 2.45) is 5.92 Å². The normalized spacial score (nSPS) is 14.6. The first-order valence-corrected chi connectivity index (χ1v) is 13.2. The summed E-state index contributed by atoms with van der Waals surface area (Å²) in [4.78, 5) is 0. The van der Waals surface area contributed by atoms with Crippen LogP contribution in [-0.4, -0.2) is 5.16 Å². The molecule has 164 valence electrons. The van der Waals surface area contributed by atoms with Gasteiger partial charge in [0.15, 0.2) is 0 Å². The molecule has 0 unspecified atom stereocenters. The molecule has 0 aromatic carbocycles. The van der Waals surface area contributed by atoms with Crippen LogP contribution in [0.3, 0.4) is 0 Å². The van der Waals surface area contributed by atoms with Gasteiger partial charge in [-0.05, 0) is 26.2 Å². The van der Waals surface area contributed by atoms with E-state index in [9.17, 15) is 0 Å². The summed E-state index contributed by atoms with van der Waals surface area (Å²) in [7, 11) is 0.725. The van der Waals surface area contributed by atoms with Crippen LogP contribution in [0, 0.1) is 11.1 Å². The number of hydrogen-bond donors (Lipinski definition) is 1. The minimum atomic E-state index is -0.0437. The van der Waals surface area contributed by atoms with Crippen molar-refractivity contribution in [2.75, 3.05) is 0 Å². The predicted molar refractivity (Wildman–Crippen MR) is 131 cm³/mol. The van der Waals surface area contributed by atoms with Gasteiger partial charge in [-0.25, -0.2) is 0 Å². The molecular formula is C26H50NP. The maximum atomic E-state index is 7.88. The molecule has 0 radical (unpaired) electrons. The van der Waals surface area contributed by atoms with Gasteiger partial charge in [0.25, 0.3) is 0 Å². The number of rotatable bonds is 20. The summed E-state index contributed by atoms with van der Waals surface area (Å²) in [5.74, 6) is 0.882. The van der Waals surface area contributed by atoms with E-state index in [-0.39, 0.29) is 5.16 Å². The fourth-order valence-corrected chi connectivity index (χ4v) is 4.73. The molecule has 2 heteroatoms. The summed E-state index contributed by atoms with van der Waals surface area (Å²) in [6, 6.07) is 0. The quantitative estimate of drug-likeness (QED) is 0.118. The van der Waals surface area contributed by atoms with Gasteiger partial charge >= 0.3 is 0 Å². The highest BCUT2D eigenvalue weighted by Gasteiger charge is 2.20. The van der Waals surface area contributed by atoms with Crippen molar-refractivity contribution < 1.29 is 0 Å². The van der Waals surface area contributed by atoms with Gasteiger partial charge in [-0.1, -0.05) is 134 Å². The van der Waals surface area contributed by atoms with Gasteiger partial charge in [-0.3, -0.25) is 5.16 Å². The minimum Gasteiger partial charge on any atom is -0.283 e. The number of nitrogens with one attached hydrogen (secondary N) is 1. The van der Waals surface area contributed by atoms with Crippen LogP contribution in [0.5, 0.6) is 0 Å². The molecule has 0 fully saturated rings. The summed E-state index contributed by atoms with van der Waals surface area (Å²) in [5, 5.41) is 7.84. The Balaban J connectivity index is 3.43. The van der Waals surface area contributed by atoms with E-state index in [0.29, 0.717) is 0 Å². The molecule has 0 aliphatic heterocycles. The van der Waals surface area contributed by atoms with Gasteiger partial charge in [-0.2, -0.15) is 0 Å². The first-order chi connectivity index (χ1) is 13.6. The van der Waals surface area contributed by atoms with Crippen molar-refractivity contribution in [3.8, 4) is 0 Å². The van der Waals surface area contributed by atoms with Crippen LogP contribution in [0.25, 0.3) is 0 Å². The van der Waals surface area contributed by atoms with Crippen molar-refractivity contribution in [1.29, 1.82) is 5.16 Å². The highest BCUT2D eigenvalue weighted by atomic mass is 31.1. The predicted octanol–water partition coefficient (Wildman–Crippen LogP) is 10.5. The van der Waals surface area contributed by atoms with E-state index >= 15 is 0 Å². The van der Waals surface area contributed by atoms with Crippen LogP contribution in [0.1, 0.15) is 130 Å². The molecule has 0 heterocycles. The molecule has 0 aromatic rings. The summed E-state index contributed by atoms with van der Waals surface area (Å²) in [5.41, 5.74) is 0. The van der Waals surface area contributed by atoms with Crippen LogP contribution in [0.15, 0.2) is 24.3 Å².